The van der Waals surface area contributed by atoms with E-state index in [0.29, 0.717) is 10.2 Å². The predicted molar refractivity (Wildman–Crippen MR) is 111 cm³/mol. The van der Waals surface area contributed by atoms with E-state index in [1.54, 1.807) is 43.3 Å². The molecule has 2 aromatic carbocycles. The highest BCUT2D eigenvalue weighted by atomic mass is 35.5. The number of halogens is 4. The van der Waals surface area contributed by atoms with E-state index in [1.165, 1.54) is 12.1 Å². The van der Waals surface area contributed by atoms with Crippen LogP contribution in [0.25, 0.3) is 0 Å². The van der Waals surface area contributed by atoms with Crippen LogP contribution in [0.3, 0.4) is 0 Å². The fraction of sp³-hybridized carbons (Fsp3) is 0.238. The molecule has 1 aliphatic heterocycles. The molecule has 0 spiro atoms. The number of nitrogens with one attached hydrogen (secondary N) is 2. The van der Waals surface area contributed by atoms with E-state index >= 15 is 0 Å². The van der Waals surface area contributed by atoms with Crippen LogP contribution in [-0.2, 0) is 0 Å². The summed E-state index contributed by atoms with van der Waals surface area (Å²) in [6.07, 6.45) is -4.90. The summed E-state index contributed by atoms with van der Waals surface area (Å²) in [4.78, 5) is 12.7. The van der Waals surface area contributed by atoms with Gasteiger partial charge in [0.05, 0.1) is 11.7 Å². The molecular formula is C21H18ClF3N4O2. The molecule has 3 aromatic rings. The second-order valence-corrected chi connectivity index (χ2v) is 7.71. The number of anilines is 2. The second kappa shape index (κ2) is 7.81. The molecule has 2 atom stereocenters. The summed E-state index contributed by atoms with van der Waals surface area (Å²) in [6, 6.07) is 10.6. The van der Waals surface area contributed by atoms with Gasteiger partial charge in [-0.3, -0.25) is 4.79 Å². The van der Waals surface area contributed by atoms with Crippen LogP contribution in [0.5, 0.6) is 5.75 Å². The Morgan fingerprint density at radius 3 is 2.65 bits per heavy atom. The number of hydrogen-bond donors (Lipinski definition) is 3. The van der Waals surface area contributed by atoms with E-state index in [0.717, 1.165) is 5.56 Å². The van der Waals surface area contributed by atoms with Crippen LogP contribution < -0.4 is 10.6 Å². The van der Waals surface area contributed by atoms with Crippen molar-refractivity contribution in [3.05, 3.63) is 70.4 Å². The van der Waals surface area contributed by atoms with Gasteiger partial charge < -0.3 is 15.7 Å². The molecular weight excluding hydrogens is 433 g/mol. The lowest BCUT2D eigenvalue weighted by Crippen LogP contribution is -2.35. The maximum absolute atomic E-state index is 13.8. The van der Waals surface area contributed by atoms with E-state index in [2.05, 4.69) is 15.7 Å². The average Bonchev–Trinajstić information content (AvgIpc) is 3.06. The lowest BCUT2D eigenvalue weighted by Gasteiger charge is -2.33. The number of rotatable bonds is 3. The molecule has 10 heteroatoms. The Bertz CT molecular complexity index is 1130. The van der Waals surface area contributed by atoms with Gasteiger partial charge in [0.25, 0.3) is 5.91 Å². The van der Waals surface area contributed by atoms with Gasteiger partial charge in [0.15, 0.2) is 11.7 Å². The number of phenols is 1. The van der Waals surface area contributed by atoms with Crippen LogP contribution in [0.15, 0.2) is 48.5 Å². The number of carbonyl (C=O) groups is 1. The molecule has 31 heavy (non-hydrogen) atoms. The zero-order valence-corrected chi connectivity index (χ0v) is 17.0. The highest BCUT2D eigenvalue weighted by Crippen LogP contribution is 2.46. The Kier molecular flexibility index (Phi) is 5.30. The first-order valence-corrected chi connectivity index (χ1v) is 9.80. The molecule has 1 amide bonds. The molecule has 3 N–H and O–H groups in total. The van der Waals surface area contributed by atoms with Crippen molar-refractivity contribution in [1.82, 2.24) is 9.78 Å². The summed E-state index contributed by atoms with van der Waals surface area (Å²) >= 11 is 6.31. The topological polar surface area (TPSA) is 79.2 Å². The Morgan fingerprint density at radius 2 is 1.97 bits per heavy atom. The van der Waals surface area contributed by atoms with E-state index in [-0.39, 0.29) is 34.4 Å². The summed E-state index contributed by atoms with van der Waals surface area (Å²) < 4.78 is 42.2. The number of carbonyl (C=O) groups excluding carboxylic acids is 1. The van der Waals surface area contributed by atoms with Gasteiger partial charge in [-0.15, -0.1) is 0 Å². The molecule has 0 fully saturated rings. The second-order valence-electron chi connectivity index (χ2n) is 7.33. The molecule has 4 rings (SSSR count). The molecule has 162 valence electrons. The third-order valence-corrected chi connectivity index (χ3v) is 5.47. The Hall–Kier alpha value is -3.20. The number of aromatic hydroxyl groups is 1. The van der Waals surface area contributed by atoms with Crippen molar-refractivity contribution in [2.45, 2.75) is 31.6 Å². The van der Waals surface area contributed by atoms with Crippen molar-refractivity contribution < 1.29 is 23.1 Å². The zero-order chi connectivity index (χ0) is 22.3. The van der Waals surface area contributed by atoms with Gasteiger partial charge in [-0.1, -0.05) is 48.0 Å². The van der Waals surface area contributed by atoms with Crippen LogP contribution in [-0.4, -0.2) is 27.0 Å². The fourth-order valence-electron chi connectivity index (χ4n) is 3.57. The summed E-state index contributed by atoms with van der Waals surface area (Å²) in [6.45, 7) is 1.76. The quantitative estimate of drug-likeness (QED) is 0.463. The molecule has 2 heterocycles. The number of phenolic OH excluding ortho intramolecular Hbond substituents is 1. The van der Waals surface area contributed by atoms with Crippen LogP contribution >= 0.6 is 11.6 Å². The van der Waals surface area contributed by atoms with Gasteiger partial charge in [0.1, 0.15) is 16.6 Å². The van der Waals surface area contributed by atoms with Crippen LogP contribution in [0.4, 0.5) is 24.7 Å². The van der Waals surface area contributed by atoms with E-state index in [1.807, 2.05) is 0 Å². The van der Waals surface area contributed by atoms with Crippen molar-refractivity contribution in [3.63, 3.8) is 0 Å². The monoisotopic (exact) mass is 450 g/mol. The molecule has 0 saturated heterocycles. The number of benzene rings is 2. The van der Waals surface area contributed by atoms with Crippen LogP contribution in [0, 0.1) is 6.92 Å². The number of aryl methyl sites for hydroxylation is 1. The van der Waals surface area contributed by atoms with Crippen LogP contribution in [0.2, 0.25) is 5.02 Å². The first-order valence-electron chi connectivity index (χ1n) is 9.42. The first kappa shape index (κ1) is 21.0. The molecule has 0 saturated carbocycles. The SMILES string of the molecule is Cc1ccc(O)c(NC(=O)c2nn3c(c2Cl)NC(c2ccccc2)CC3C(F)(F)F)c1. The zero-order valence-electron chi connectivity index (χ0n) is 16.2. The Morgan fingerprint density at radius 1 is 1.26 bits per heavy atom. The maximum atomic E-state index is 13.8. The van der Waals surface area contributed by atoms with Gasteiger partial charge in [-0.05, 0) is 30.2 Å². The van der Waals surface area contributed by atoms with Gasteiger partial charge in [-0.2, -0.15) is 18.3 Å². The highest BCUT2D eigenvalue weighted by molar-refractivity contribution is 6.36. The smallest absolute Gasteiger partial charge is 0.410 e. The summed E-state index contributed by atoms with van der Waals surface area (Å²) in [7, 11) is 0. The lowest BCUT2D eigenvalue weighted by molar-refractivity contribution is -0.173. The summed E-state index contributed by atoms with van der Waals surface area (Å²) in [5.74, 6) is -1.09. The minimum Gasteiger partial charge on any atom is -0.506 e. The number of nitrogens with zero attached hydrogens (tertiary/aromatic N) is 2. The van der Waals surface area contributed by atoms with Crippen LogP contribution in [0.1, 0.15) is 40.1 Å². The average molecular weight is 451 g/mol. The maximum Gasteiger partial charge on any atom is 0.410 e. The lowest BCUT2D eigenvalue weighted by atomic mass is 9.97. The molecule has 1 aromatic heterocycles. The Labute approximate surface area is 180 Å². The third kappa shape index (κ3) is 4.05. The minimum atomic E-state index is -4.60. The summed E-state index contributed by atoms with van der Waals surface area (Å²) in [5, 5.41) is 19.0. The molecule has 0 radical (unpaired) electrons. The third-order valence-electron chi connectivity index (χ3n) is 5.11. The summed E-state index contributed by atoms with van der Waals surface area (Å²) in [5.41, 5.74) is 1.17. The number of amides is 1. The first-order chi connectivity index (χ1) is 14.6. The Balaban J connectivity index is 1.71. The predicted octanol–water partition coefficient (Wildman–Crippen LogP) is 5.46. The van der Waals surface area contributed by atoms with E-state index in [4.69, 9.17) is 11.6 Å². The van der Waals surface area contributed by atoms with Gasteiger partial charge in [0, 0.05) is 6.42 Å². The van der Waals surface area contributed by atoms with Gasteiger partial charge in [0.2, 0.25) is 0 Å². The van der Waals surface area contributed by atoms with Crippen molar-refractivity contribution in [3.8, 4) is 5.75 Å². The van der Waals surface area contributed by atoms with Gasteiger partial charge in [-0.25, -0.2) is 4.68 Å². The largest absolute Gasteiger partial charge is 0.506 e. The molecule has 0 aliphatic carbocycles. The minimum absolute atomic E-state index is 0.0808. The molecule has 1 aliphatic rings. The molecule has 0 bridgehead atoms. The number of aromatic nitrogens is 2. The van der Waals surface area contributed by atoms with Crippen molar-refractivity contribution >= 4 is 29.0 Å². The van der Waals surface area contributed by atoms with E-state index < -0.39 is 24.2 Å². The van der Waals surface area contributed by atoms with Crippen molar-refractivity contribution in [1.29, 1.82) is 0 Å². The van der Waals surface area contributed by atoms with Crippen molar-refractivity contribution in [2.75, 3.05) is 10.6 Å². The number of hydrogen-bond acceptors (Lipinski definition) is 4. The van der Waals surface area contributed by atoms with Crippen molar-refractivity contribution in [2.24, 2.45) is 0 Å². The normalized spacial score (nSPS) is 18.2. The molecule has 2 unspecified atom stereocenters. The number of alkyl halides is 3. The number of fused-ring (bicyclic) bond motifs is 1. The van der Waals surface area contributed by atoms with Gasteiger partial charge >= 0.3 is 6.18 Å². The van der Waals surface area contributed by atoms with E-state index in [9.17, 15) is 23.1 Å². The standard InChI is InChI=1S/C21H18ClF3N4O2/c1-11-7-8-15(30)14(9-11)27-20(31)18-17(22)19-26-13(12-5-3-2-4-6-12)10-16(21(23,24)25)29(19)28-18/h2-9,13,16,26,30H,10H2,1H3,(H,27,31). The highest BCUT2D eigenvalue weighted by Gasteiger charge is 2.47. The fourth-order valence-corrected chi connectivity index (χ4v) is 3.83. The molecule has 6 nitrogen and oxygen atoms in total.